The van der Waals surface area contributed by atoms with E-state index in [1.807, 2.05) is 0 Å². The zero-order chi connectivity index (χ0) is 12.8. The molecule has 0 bridgehead atoms. The Hall–Kier alpha value is -1.30. The van der Waals surface area contributed by atoms with E-state index in [4.69, 9.17) is 0 Å². The lowest BCUT2D eigenvalue weighted by atomic mass is 9.97. The second-order valence-electron chi connectivity index (χ2n) is 4.66. The second-order valence-corrected chi connectivity index (χ2v) is 4.66. The summed E-state index contributed by atoms with van der Waals surface area (Å²) in [6, 6.07) is -0.143. The van der Waals surface area contributed by atoms with Gasteiger partial charge in [-0.25, -0.2) is 4.79 Å². The number of nitrogens with zero attached hydrogens (tertiary/aromatic N) is 1. The first-order chi connectivity index (χ1) is 8.02. The van der Waals surface area contributed by atoms with Gasteiger partial charge in [0.1, 0.15) is 0 Å². The van der Waals surface area contributed by atoms with Crippen molar-refractivity contribution in [2.45, 2.75) is 6.92 Å². The van der Waals surface area contributed by atoms with Gasteiger partial charge >= 0.3 is 6.03 Å². The molecule has 2 atom stereocenters. The molecule has 1 rings (SSSR count). The minimum Gasteiger partial charge on any atom is -0.354 e. The van der Waals surface area contributed by atoms with E-state index in [-0.39, 0.29) is 17.9 Å². The highest BCUT2D eigenvalue weighted by molar-refractivity contribution is 5.79. The molecule has 0 spiro atoms. The standard InChI is InChI=1S/C11H22N4O2/c1-8-6-12-7-9(8)10(16)13-4-5-14-11(17)15(2)3/h8-9,12H,4-7H2,1-3H3,(H,13,16)(H,14,17)/t8-,9-/m1/s1. The molecule has 0 aromatic carbocycles. The van der Waals surface area contributed by atoms with Crippen LogP contribution < -0.4 is 16.0 Å². The summed E-state index contributed by atoms with van der Waals surface area (Å²) < 4.78 is 0. The average molecular weight is 242 g/mol. The van der Waals surface area contributed by atoms with Crippen LogP contribution in [0.15, 0.2) is 0 Å². The van der Waals surface area contributed by atoms with Crippen LogP contribution in [0.1, 0.15) is 6.92 Å². The van der Waals surface area contributed by atoms with Crippen molar-refractivity contribution in [1.29, 1.82) is 0 Å². The Morgan fingerprint density at radius 1 is 1.24 bits per heavy atom. The zero-order valence-electron chi connectivity index (χ0n) is 10.7. The molecule has 0 radical (unpaired) electrons. The molecule has 6 nitrogen and oxygen atoms in total. The van der Waals surface area contributed by atoms with Gasteiger partial charge in [-0.15, -0.1) is 0 Å². The molecule has 1 aliphatic heterocycles. The fourth-order valence-electron chi connectivity index (χ4n) is 1.81. The van der Waals surface area contributed by atoms with Crippen LogP contribution in [-0.2, 0) is 4.79 Å². The van der Waals surface area contributed by atoms with Gasteiger partial charge in [-0.1, -0.05) is 6.92 Å². The molecule has 1 saturated heterocycles. The monoisotopic (exact) mass is 242 g/mol. The Kier molecular flexibility index (Phi) is 5.21. The SMILES string of the molecule is C[C@@H]1CNC[C@H]1C(=O)NCCNC(=O)N(C)C. The molecule has 0 saturated carbocycles. The van der Waals surface area contributed by atoms with E-state index in [2.05, 4.69) is 22.9 Å². The van der Waals surface area contributed by atoms with Crippen LogP contribution in [0, 0.1) is 11.8 Å². The molecule has 17 heavy (non-hydrogen) atoms. The highest BCUT2D eigenvalue weighted by atomic mass is 16.2. The summed E-state index contributed by atoms with van der Waals surface area (Å²) in [4.78, 5) is 24.4. The number of rotatable bonds is 4. The Morgan fingerprint density at radius 2 is 1.88 bits per heavy atom. The van der Waals surface area contributed by atoms with Crippen molar-refractivity contribution < 1.29 is 9.59 Å². The smallest absolute Gasteiger partial charge is 0.316 e. The Bertz CT molecular complexity index is 281. The van der Waals surface area contributed by atoms with Gasteiger partial charge in [0.2, 0.25) is 5.91 Å². The molecule has 1 heterocycles. The molecule has 1 aliphatic rings. The zero-order valence-corrected chi connectivity index (χ0v) is 10.7. The molecule has 0 unspecified atom stereocenters. The van der Waals surface area contributed by atoms with E-state index in [0.29, 0.717) is 19.0 Å². The van der Waals surface area contributed by atoms with Crippen LogP contribution in [0.25, 0.3) is 0 Å². The highest BCUT2D eigenvalue weighted by Crippen LogP contribution is 2.15. The maximum absolute atomic E-state index is 11.8. The van der Waals surface area contributed by atoms with Crippen LogP contribution in [0.4, 0.5) is 4.79 Å². The van der Waals surface area contributed by atoms with Crippen molar-refractivity contribution in [2.24, 2.45) is 11.8 Å². The minimum absolute atomic E-state index is 0.0551. The number of amides is 3. The summed E-state index contributed by atoms with van der Waals surface area (Å²) >= 11 is 0. The van der Waals surface area contributed by atoms with Gasteiger partial charge in [0, 0.05) is 33.7 Å². The van der Waals surface area contributed by atoms with Crippen molar-refractivity contribution in [3.8, 4) is 0 Å². The summed E-state index contributed by atoms with van der Waals surface area (Å²) in [5, 5.41) is 8.72. The van der Waals surface area contributed by atoms with Gasteiger partial charge in [-0.2, -0.15) is 0 Å². The predicted octanol–water partition coefficient (Wildman–Crippen LogP) is -0.771. The van der Waals surface area contributed by atoms with E-state index in [9.17, 15) is 9.59 Å². The summed E-state index contributed by atoms with van der Waals surface area (Å²) in [5.74, 6) is 0.507. The van der Waals surface area contributed by atoms with Gasteiger partial charge in [0.05, 0.1) is 5.92 Å². The normalized spacial score (nSPS) is 23.2. The summed E-state index contributed by atoms with van der Waals surface area (Å²) in [6.07, 6.45) is 0. The van der Waals surface area contributed by atoms with Crippen LogP contribution in [0.5, 0.6) is 0 Å². The molecule has 3 amide bonds. The van der Waals surface area contributed by atoms with Crippen molar-refractivity contribution in [3.63, 3.8) is 0 Å². The van der Waals surface area contributed by atoms with Crippen LogP contribution in [-0.4, -0.2) is 57.1 Å². The molecule has 98 valence electrons. The molecule has 1 fully saturated rings. The number of hydrogen-bond acceptors (Lipinski definition) is 3. The summed E-state index contributed by atoms with van der Waals surface area (Å²) in [6.45, 7) is 4.64. The molecule has 6 heteroatoms. The molecule has 0 aliphatic carbocycles. The van der Waals surface area contributed by atoms with E-state index < -0.39 is 0 Å². The number of hydrogen-bond donors (Lipinski definition) is 3. The first-order valence-electron chi connectivity index (χ1n) is 5.96. The van der Waals surface area contributed by atoms with E-state index in [1.165, 1.54) is 4.90 Å². The quantitative estimate of drug-likeness (QED) is 0.567. The number of carbonyl (C=O) groups excluding carboxylic acids is 2. The predicted molar refractivity (Wildman–Crippen MR) is 65.6 cm³/mol. The van der Waals surface area contributed by atoms with Crippen LogP contribution >= 0.6 is 0 Å². The van der Waals surface area contributed by atoms with E-state index >= 15 is 0 Å². The van der Waals surface area contributed by atoms with Gasteiger partial charge in [-0.05, 0) is 12.5 Å². The topological polar surface area (TPSA) is 73.5 Å². The number of carbonyl (C=O) groups is 2. The Morgan fingerprint density at radius 3 is 2.41 bits per heavy atom. The summed E-state index contributed by atoms with van der Waals surface area (Å²) in [7, 11) is 3.36. The van der Waals surface area contributed by atoms with Crippen LogP contribution in [0.3, 0.4) is 0 Å². The van der Waals surface area contributed by atoms with Crippen molar-refractivity contribution >= 4 is 11.9 Å². The molecule has 3 N–H and O–H groups in total. The first kappa shape index (κ1) is 13.8. The average Bonchev–Trinajstić information content (AvgIpc) is 2.70. The lowest BCUT2D eigenvalue weighted by Gasteiger charge is -2.15. The lowest BCUT2D eigenvalue weighted by Crippen LogP contribution is -2.41. The third-order valence-corrected chi connectivity index (χ3v) is 2.96. The lowest BCUT2D eigenvalue weighted by molar-refractivity contribution is -0.125. The van der Waals surface area contributed by atoms with Crippen LogP contribution in [0.2, 0.25) is 0 Å². The number of nitrogens with one attached hydrogen (secondary N) is 3. The fraction of sp³-hybridized carbons (Fsp3) is 0.818. The second kappa shape index (κ2) is 6.44. The first-order valence-corrected chi connectivity index (χ1v) is 5.96. The third-order valence-electron chi connectivity index (χ3n) is 2.96. The van der Waals surface area contributed by atoms with Crippen molar-refractivity contribution in [3.05, 3.63) is 0 Å². The maximum Gasteiger partial charge on any atom is 0.316 e. The molecule has 0 aromatic rings. The van der Waals surface area contributed by atoms with Crippen molar-refractivity contribution in [2.75, 3.05) is 40.3 Å². The minimum atomic E-state index is -0.143. The largest absolute Gasteiger partial charge is 0.354 e. The number of urea groups is 1. The Balaban J connectivity index is 2.14. The molecular formula is C11H22N4O2. The van der Waals surface area contributed by atoms with Gasteiger partial charge < -0.3 is 20.9 Å². The van der Waals surface area contributed by atoms with E-state index in [1.54, 1.807) is 14.1 Å². The molecular weight excluding hydrogens is 220 g/mol. The van der Waals surface area contributed by atoms with Gasteiger partial charge in [-0.3, -0.25) is 4.79 Å². The highest BCUT2D eigenvalue weighted by Gasteiger charge is 2.28. The van der Waals surface area contributed by atoms with Gasteiger partial charge in [0.15, 0.2) is 0 Å². The van der Waals surface area contributed by atoms with Gasteiger partial charge in [0.25, 0.3) is 0 Å². The fourth-order valence-corrected chi connectivity index (χ4v) is 1.81. The van der Waals surface area contributed by atoms with Crippen molar-refractivity contribution in [1.82, 2.24) is 20.9 Å². The maximum atomic E-state index is 11.8. The third kappa shape index (κ3) is 4.22. The Labute approximate surface area is 102 Å². The summed E-state index contributed by atoms with van der Waals surface area (Å²) in [5.41, 5.74) is 0. The molecule has 0 aromatic heterocycles. The van der Waals surface area contributed by atoms with E-state index in [0.717, 1.165) is 13.1 Å².